The molecule has 0 bridgehead atoms. The highest BCUT2D eigenvalue weighted by atomic mass is 19.1. The molecule has 0 amide bonds. The number of carbonyl (C=O) groups is 1. The van der Waals surface area contributed by atoms with E-state index in [1.165, 1.54) is 19.1 Å². The van der Waals surface area contributed by atoms with Crippen LogP contribution < -0.4 is 5.73 Å². The summed E-state index contributed by atoms with van der Waals surface area (Å²) in [4.78, 5) is 10.7. The number of aryl methyl sites for hydroxylation is 1. The maximum atomic E-state index is 12.7. The predicted octanol–water partition coefficient (Wildman–Crippen LogP) is 1.36. The summed E-state index contributed by atoms with van der Waals surface area (Å²) in [5, 5.41) is 8.77. The van der Waals surface area contributed by atoms with Gasteiger partial charge >= 0.3 is 5.97 Å². The summed E-state index contributed by atoms with van der Waals surface area (Å²) < 4.78 is 12.7. The molecule has 81 valence electrons. The third kappa shape index (κ3) is 3.32. The number of hydrogen-bond acceptors (Lipinski definition) is 2. The van der Waals surface area contributed by atoms with Gasteiger partial charge in [-0.15, -0.1) is 0 Å². The monoisotopic (exact) mass is 210 g/mol. The Balaban J connectivity index is 2.61. The summed E-state index contributed by atoms with van der Waals surface area (Å²) in [7, 11) is 0. The molecule has 0 aliphatic carbocycles. The van der Waals surface area contributed by atoms with Gasteiger partial charge in [-0.1, -0.05) is 12.1 Å². The first-order valence-electron chi connectivity index (χ1n) is 4.60. The Hall–Kier alpha value is -1.42. The second-order valence-corrected chi connectivity index (χ2v) is 3.77. The van der Waals surface area contributed by atoms with Gasteiger partial charge in [0.05, 0.1) is 0 Å². The van der Waals surface area contributed by atoms with Crippen molar-refractivity contribution in [3.63, 3.8) is 0 Å². The van der Waals surface area contributed by atoms with Gasteiger partial charge in [0.25, 0.3) is 0 Å². The SMILES string of the molecule is C[C@@](N)(CCc1cc[c]c(F)c1)C(=O)O. The smallest absolute Gasteiger partial charge is 0.323 e. The summed E-state index contributed by atoms with van der Waals surface area (Å²) in [5.74, 6) is -1.49. The van der Waals surface area contributed by atoms with Crippen molar-refractivity contribution in [3.8, 4) is 0 Å². The predicted molar refractivity (Wildman–Crippen MR) is 53.8 cm³/mol. The molecule has 0 aliphatic heterocycles. The van der Waals surface area contributed by atoms with Gasteiger partial charge in [0.1, 0.15) is 11.4 Å². The van der Waals surface area contributed by atoms with Crippen LogP contribution in [-0.2, 0) is 11.2 Å². The van der Waals surface area contributed by atoms with Crippen molar-refractivity contribution in [1.29, 1.82) is 0 Å². The van der Waals surface area contributed by atoms with Crippen LogP contribution in [0.1, 0.15) is 18.9 Å². The molecule has 0 saturated heterocycles. The van der Waals surface area contributed by atoms with E-state index in [0.717, 1.165) is 5.56 Å². The molecule has 0 fully saturated rings. The van der Waals surface area contributed by atoms with Gasteiger partial charge in [-0.25, -0.2) is 4.39 Å². The highest BCUT2D eigenvalue weighted by Crippen LogP contribution is 2.12. The lowest BCUT2D eigenvalue weighted by Crippen LogP contribution is -2.45. The van der Waals surface area contributed by atoms with E-state index in [4.69, 9.17) is 10.8 Å². The molecule has 0 aliphatic rings. The van der Waals surface area contributed by atoms with E-state index >= 15 is 0 Å². The molecule has 0 unspecified atom stereocenters. The van der Waals surface area contributed by atoms with Crippen LogP contribution >= 0.6 is 0 Å². The Morgan fingerprint density at radius 1 is 1.73 bits per heavy atom. The minimum absolute atomic E-state index is 0.270. The van der Waals surface area contributed by atoms with Crippen molar-refractivity contribution in [3.05, 3.63) is 35.6 Å². The molecule has 0 spiro atoms. The number of nitrogens with two attached hydrogens (primary N) is 1. The van der Waals surface area contributed by atoms with Crippen LogP contribution in [0, 0.1) is 11.9 Å². The van der Waals surface area contributed by atoms with Gasteiger partial charge in [-0.2, -0.15) is 0 Å². The summed E-state index contributed by atoms with van der Waals surface area (Å²) in [6.07, 6.45) is 0.705. The molecule has 1 aromatic rings. The Morgan fingerprint density at radius 2 is 2.40 bits per heavy atom. The number of benzene rings is 1. The summed E-state index contributed by atoms with van der Waals surface area (Å²) in [6, 6.07) is 6.88. The van der Waals surface area contributed by atoms with Crippen molar-refractivity contribution in [2.75, 3.05) is 0 Å². The van der Waals surface area contributed by atoms with E-state index in [1.807, 2.05) is 0 Å². The molecule has 3 nitrogen and oxygen atoms in total. The topological polar surface area (TPSA) is 63.3 Å². The summed E-state index contributed by atoms with van der Waals surface area (Å²) in [6.45, 7) is 1.45. The molecular formula is C11H13FNO2. The quantitative estimate of drug-likeness (QED) is 0.788. The van der Waals surface area contributed by atoms with Gasteiger partial charge in [0.15, 0.2) is 0 Å². The largest absolute Gasteiger partial charge is 0.480 e. The normalized spacial score (nSPS) is 14.6. The number of hydrogen-bond donors (Lipinski definition) is 2. The van der Waals surface area contributed by atoms with E-state index in [0.29, 0.717) is 6.42 Å². The molecule has 4 heteroatoms. The van der Waals surface area contributed by atoms with Gasteiger partial charge in [-0.05, 0) is 31.4 Å². The number of halogens is 1. The molecule has 3 N–H and O–H groups in total. The van der Waals surface area contributed by atoms with E-state index in [2.05, 4.69) is 6.07 Å². The lowest BCUT2D eigenvalue weighted by Gasteiger charge is -2.18. The molecule has 1 aromatic carbocycles. The molecule has 1 rings (SSSR count). The van der Waals surface area contributed by atoms with Crippen molar-refractivity contribution >= 4 is 5.97 Å². The first kappa shape index (κ1) is 11.7. The highest BCUT2D eigenvalue weighted by molar-refractivity contribution is 5.77. The summed E-state index contributed by atoms with van der Waals surface area (Å²) in [5.41, 5.74) is 5.00. The second kappa shape index (κ2) is 4.40. The van der Waals surface area contributed by atoms with E-state index in [-0.39, 0.29) is 6.42 Å². The lowest BCUT2D eigenvalue weighted by atomic mass is 9.94. The standard InChI is InChI=1S/C11H13FNO2/c1-11(13,10(14)15)6-5-8-3-2-4-9(12)7-8/h2-3,7H,5-6,13H2,1H3,(H,14,15)/t11-/m1/s1. The Morgan fingerprint density at radius 3 is 2.93 bits per heavy atom. The molecule has 1 atom stereocenters. The number of carboxylic acids is 1. The first-order valence-corrected chi connectivity index (χ1v) is 4.60. The fourth-order valence-electron chi connectivity index (χ4n) is 1.15. The Kier molecular flexibility index (Phi) is 3.42. The first-order chi connectivity index (χ1) is 6.92. The average Bonchev–Trinajstić information content (AvgIpc) is 2.15. The molecule has 0 saturated carbocycles. The maximum absolute atomic E-state index is 12.7. The number of rotatable bonds is 4. The minimum Gasteiger partial charge on any atom is -0.480 e. The van der Waals surface area contributed by atoms with Crippen LogP contribution in [0.25, 0.3) is 0 Å². The minimum atomic E-state index is -1.27. The molecule has 0 heterocycles. The third-order valence-corrected chi connectivity index (χ3v) is 2.25. The Bertz CT molecular complexity index is 363. The van der Waals surface area contributed by atoms with Crippen LogP contribution in [0.2, 0.25) is 0 Å². The Labute approximate surface area is 87.7 Å². The van der Waals surface area contributed by atoms with E-state index in [1.54, 1.807) is 6.07 Å². The van der Waals surface area contributed by atoms with E-state index < -0.39 is 17.3 Å². The van der Waals surface area contributed by atoms with Gasteiger partial charge in [0.2, 0.25) is 0 Å². The molecule has 15 heavy (non-hydrogen) atoms. The summed E-state index contributed by atoms with van der Waals surface area (Å²) >= 11 is 0. The lowest BCUT2D eigenvalue weighted by molar-refractivity contribution is -0.142. The zero-order valence-corrected chi connectivity index (χ0v) is 8.46. The van der Waals surface area contributed by atoms with Crippen LogP contribution in [0.4, 0.5) is 4.39 Å². The van der Waals surface area contributed by atoms with Gasteiger partial charge in [-0.3, -0.25) is 4.79 Å². The average molecular weight is 210 g/mol. The van der Waals surface area contributed by atoms with Crippen LogP contribution in [-0.4, -0.2) is 16.6 Å². The fraction of sp³-hybridized carbons (Fsp3) is 0.364. The van der Waals surface area contributed by atoms with Crippen molar-refractivity contribution in [2.45, 2.75) is 25.3 Å². The fourth-order valence-corrected chi connectivity index (χ4v) is 1.15. The second-order valence-electron chi connectivity index (χ2n) is 3.77. The van der Waals surface area contributed by atoms with Crippen molar-refractivity contribution < 1.29 is 14.3 Å². The number of carboxylic acid groups (broad SMARTS) is 1. The molecular weight excluding hydrogens is 197 g/mol. The van der Waals surface area contributed by atoms with Crippen molar-refractivity contribution in [2.24, 2.45) is 5.73 Å². The van der Waals surface area contributed by atoms with E-state index in [9.17, 15) is 9.18 Å². The van der Waals surface area contributed by atoms with Crippen LogP contribution in [0.15, 0.2) is 18.2 Å². The third-order valence-electron chi connectivity index (χ3n) is 2.25. The molecule has 1 radical (unpaired) electrons. The zero-order chi connectivity index (χ0) is 11.5. The maximum Gasteiger partial charge on any atom is 0.323 e. The van der Waals surface area contributed by atoms with Crippen molar-refractivity contribution in [1.82, 2.24) is 0 Å². The van der Waals surface area contributed by atoms with Gasteiger partial charge < -0.3 is 10.8 Å². The highest BCUT2D eigenvalue weighted by Gasteiger charge is 2.27. The van der Waals surface area contributed by atoms with Crippen LogP contribution in [0.5, 0.6) is 0 Å². The zero-order valence-electron chi connectivity index (χ0n) is 8.46. The number of aliphatic carboxylic acids is 1. The molecule has 0 aromatic heterocycles. The van der Waals surface area contributed by atoms with Gasteiger partial charge in [0, 0.05) is 6.07 Å². The van der Waals surface area contributed by atoms with Crippen LogP contribution in [0.3, 0.4) is 0 Å².